The van der Waals surface area contributed by atoms with Crippen LogP contribution < -0.4 is 0 Å². The number of hydrogen-bond acceptors (Lipinski definition) is 4. The number of urea groups is 1. The van der Waals surface area contributed by atoms with Crippen molar-refractivity contribution < 1.29 is 17.9 Å². The first-order valence-corrected chi connectivity index (χ1v) is 12.6. The van der Waals surface area contributed by atoms with Crippen LogP contribution in [0.3, 0.4) is 0 Å². The van der Waals surface area contributed by atoms with Crippen molar-refractivity contribution in [3.8, 4) is 0 Å². The van der Waals surface area contributed by atoms with Gasteiger partial charge >= 0.3 is 6.03 Å². The van der Waals surface area contributed by atoms with Gasteiger partial charge in [-0.2, -0.15) is 0 Å². The normalized spacial score (nSPS) is 27.2. The SMILES string of the molecule is C[C@@H]1CN(C(=O)N2CC(S(=O)(=O)N3CCC(c4ccc(Cl)cc4)CC3)C2)C[C@H](C)O1. The Hall–Kier alpha value is -1.35. The van der Waals surface area contributed by atoms with Crippen molar-refractivity contribution in [2.45, 2.75) is 50.1 Å². The molecule has 0 N–H and O–H groups in total. The van der Waals surface area contributed by atoms with Crippen LogP contribution in [0.15, 0.2) is 24.3 Å². The molecule has 0 aromatic heterocycles. The van der Waals surface area contributed by atoms with Crippen molar-refractivity contribution in [1.29, 1.82) is 0 Å². The second-order valence-electron chi connectivity index (χ2n) is 8.74. The lowest BCUT2D eigenvalue weighted by Crippen LogP contribution is -2.64. The maximum absolute atomic E-state index is 13.0. The van der Waals surface area contributed by atoms with Crippen LogP contribution in [0.25, 0.3) is 0 Å². The Balaban J connectivity index is 1.29. The molecule has 166 valence electrons. The first kappa shape index (κ1) is 21.9. The Bertz CT molecular complexity index is 855. The van der Waals surface area contributed by atoms with Crippen molar-refractivity contribution in [2.75, 3.05) is 39.3 Å². The van der Waals surface area contributed by atoms with Crippen LogP contribution in [0.5, 0.6) is 0 Å². The van der Waals surface area contributed by atoms with Gasteiger partial charge in [0.15, 0.2) is 0 Å². The van der Waals surface area contributed by atoms with Crippen LogP contribution in [-0.4, -0.2) is 85.3 Å². The molecule has 0 spiro atoms. The highest BCUT2D eigenvalue weighted by Gasteiger charge is 2.45. The predicted octanol–water partition coefficient (Wildman–Crippen LogP) is 2.76. The van der Waals surface area contributed by atoms with Gasteiger partial charge in [0.2, 0.25) is 10.0 Å². The molecule has 3 saturated heterocycles. The molecule has 0 bridgehead atoms. The number of ether oxygens (including phenoxy) is 1. The number of sulfonamides is 1. The Kier molecular flexibility index (Phi) is 6.30. The number of morpholine rings is 1. The van der Waals surface area contributed by atoms with Crippen molar-refractivity contribution in [3.63, 3.8) is 0 Å². The Morgan fingerprint density at radius 3 is 2.07 bits per heavy atom. The predicted molar refractivity (Wildman–Crippen MR) is 116 cm³/mol. The van der Waals surface area contributed by atoms with E-state index in [-0.39, 0.29) is 31.3 Å². The minimum atomic E-state index is -3.38. The van der Waals surface area contributed by atoms with Crippen molar-refractivity contribution >= 4 is 27.7 Å². The second-order valence-corrected chi connectivity index (χ2v) is 11.4. The third-order valence-electron chi connectivity index (χ3n) is 6.39. The maximum atomic E-state index is 13.0. The summed E-state index contributed by atoms with van der Waals surface area (Å²) in [4.78, 5) is 16.1. The lowest BCUT2D eigenvalue weighted by Gasteiger charge is -2.45. The zero-order valence-electron chi connectivity index (χ0n) is 17.5. The molecule has 1 aromatic rings. The van der Waals surface area contributed by atoms with Gasteiger partial charge in [-0.25, -0.2) is 17.5 Å². The van der Waals surface area contributed by atoms with E-state index < -0.39 is 15.3 Å². The standard InChI is InChI=1S/C21H30ClN3O4S/c1-15-11-23(12-16(2)29-15)21(26)24-13-20(14-24)30(27,28)25-9-7-18(8-10-25)17-3-5-19(22)6-4-17/h3-6,15-16,18,20H,7-14H2,1-2H3/t15-,16+. The van der Waals surface area contributed by atoms with E-state index in [2.05, 4.69) is 0 Å². The third kappa shape index (κ3) is 4.47. The van der Waals surface area contributed by atoms with E-state index in [4.69, 9.17) is 16.3 Å². The summed E-state index contributed by atoms with van der Waals surface area (Å²) < 4.78 is 33.4. The van der Waals surface area contributed by atoms with Crippen molar-refractivity contribution in [3.05, 3.63) is 34.9 Å². The summed E-state index contributed by atoms with van der Waals surface area (Å²) in [6, 6.07) is 7.75. The van der Waals surface area contributed by atoms with Crippen LogP contribution in [0, 0.1) is 0 Å². The zero-order chi connectivity index (χ0) is 21.5. The molecule has 30 heavy (non-hydrogen) atoms. The number of hydrogen-bond donors (Lipinski definition) is 0. The zero-order valence-corrected chi connectivity index (χ0v) is 19.1. The number of piperidine rings is 1. The molecule has 9 heteroatoms. The van der Waals surface area contributed by atoms with Gasteiger partial charge < -0.3 is 14.5 Å². The fraction of sp³-hybridized carbons (Fsp3) is 0.667. The number of benzene rings is 1. The lowest BCUT2D eigenvalue weighted by atomic mass is 9.90. The summed E-state index contributed by atoms with van der Waals surface area (Å²) >= 11 is 5.96. The fourth-order valence-corrected chi connectivity index (χ4v) is 6.71. The monoisotopic (exact) mass is 455 g/mol. The molecule has 0 radical (unpaired) electrons. The Morgan fingerprint density at radius 2 is 1.50 bits per heavy atom. The average molecular weight is 456 g/mol. The van der Waals surface area contributed by atoms with E-state index in [9.17, 15) is 13.2 Å². The average Bonchev–Trinajstić information content (AvgIpc) is 2.66. The minimum absolute atomic E-state index is 0.000409. The molecule has 7 nitrogen and oxygen atoms in total. The molecule has 4 rings (SSSR count). The lowest BCUT2D eigenvalue weighted by molar-refractivity contribution is -0.0597. The van der Waals surface area contributed by atoms with E-state index in [1.165, 1.54) is 5.56 Å². The summed E-state index contributed by atoms with van der Waals surface area (Å²) in [6.07, 6.45) is 1.61. The van der Waals surface area contributed by atoms with Crippen LogP contribution in [-0.2, 0) is 14.8 Å². The van der Waals surface area contributed by atoms with Gasteiger partial charge in [-0.05, 0) is 50.3 Å². The molecule has 2 amide bonds. The molecule has 0 aliphatic carbocycles. The quantitative estimate of drug-likeness (QED) is 0.702. The number of halogens is 1. The highest BCUT2D eigenvalue weighted by molar-refractivity contribution is 7.89. The number of nitrogens with zero attached hydrogens (tertiary/aromatic N) is 3. The number of carbonyl (C=O) groups is 1. The van der Waals surface area contributed by atoms with E-state index in [1.54, 1.807) is 14.1 Å². The minimum Gasteiger partial charge on any atom is -0.372 e. The summed E-state index contributed by atoms with van der Waals surface area (Å²) in [6.45, 7) is 6.61. The van der Waals surface area contributed by atoms with Crippen LogP contribution in [0.2, 0.25) is 5.02 Å². The van der Waals surface area contributed by atoms with Crippen molar-refractivity contribution in [2.24, 2.45) is 0 Å². The molecule has 2 atom stereocenters. The highest BCUT2D eigenvalue weighted by atomic mass is 35.5. The summed E-state index contributed by atoms with van der Waals surface area (Å²) in [5, 5.41) is 0.216. The molecule has 3 aliphatic heterocycles. The maximum Gasteiger partial charge on any atom is 0.320 e. The number of rotatable bonds is 3. The van der Waals surface area contributed by atoms with Gasteiger partial charge in [0.1, 0.15) is 5.25 Å². The number of carbonyl (C=O) groups excluding carboxylic acids is 1. The number of likely N-dealkylation sites (tertiary alicyclic amines) is 1. The molecule has 3 fully saturated rings. The summed E-state index contributed by atoms with van der Waals surface area (Å²) in [5.41, 5.74) is 1.21. The molecule has 0 unspecified atom stereocenters. The first-order chi connectivity index (χ1) is 14.2. The molecule has 3 heterocycles. The van der Waals surface area contributed by atoms with E-state index in [1.807, 2.05) is 38.1 Å². The highest BCUT2D eigenvalue weighted by Crippen LogP contribution is 2.32. The third-order valence-corrected chi connectivity index (χ3v) is 8.86. The largest absolute Gasteiger partial charge is 0.372 e. The first-order valence-electron chi connectivity index (χ1n) is 10.7. The van der Waals surface area contributed by atoms with Gasteiger partial charge in [0, 0.05) is 44.3 Å². The summed E-state index contributed by atoms with van der Waals surface area (Å²) in [5.74, 6) is 0.360. The van der Waals surface area contributed by atoms with Crippen LogP contribution >= 0.6 is 11.6 Å². The molecule has 3 aliphatic rings. The summed E-state index contributed by atoms with van der Waals surface area (Å²) in [7, 11) is -3.38. The van der Waals surface area contributed by atoms with E-state index >= 15 is 0 Å². The van der Waals surface area contributed by atoms with Gasteiger partial charge in [0.05, 0.1) is 12.2 Å². The molecule has 1 aromatic carbocycles. The molecular weight excluding hydrogens is 426 g/mol. The Morgan fingerprint density at radius 1 is 0.967 bits per heavy atom. The fourth-order valence-electron chi connectivity index (χ4n) is 4.71. The van der Waals surface area contributed by atoms with Gasteiger partial charge in [-0.1, -0.05) is 23.7 Å². The van der Waals surface area contributed by atoms with Crippen LogP contribution in [0.1, 0.15) is 38.2 Å². The smallest absolute Gasteiger partial charge is 0.320 e. The van der Waals surface area contributed by atoms with Crippen molar-refractivity contribution in [1.82, 2.24) is 14.1 Å². The van der Waals surface area contributed by atoms with Gasteiger partial charge in [0.25, 0.3) is 0 Å². The van der Waals surface area contributed by atoms with E-state index in [0.29, 0.717) is 37.1 Å². The Labute approximate surface area is 184 Å². The van der Waals surface area contributed by atoms with E-state index in [0.717, 1.165) is 12.8 Å². The molecular formula is C21H30ClN3O4S. The van der Waals surface area contributed by atoms with Gasteiger partial charge in [-0.15, -0.1) is 0 Å². The van der Waals surface area contributed by atoms with Crippen LogP contribution in [0.4, 0.5) is 4.79 Å². The topological polar surface area (TPSA) is 70.2 Å². The molecule has 0 saturated carbocycles. The number of amides is 2. The second kappa shape index (κ2) is 8.65. The van der Waals surface area contributed by atoms with Gasteiger partial charge in [-0.3, -0.25) is 0 Å².